The fourth-order valence-corrected chi connectivity index (χ4v) is 1.68. The lowest BCUT2D eigenvalue weighted by atomic mass is 10.1. The van der Waals surface area contributed by atoms with Gasteiger partial charge in [-0.1, -0.05) is 12.1 Å². The monoisotopic (exact) mass is 232 g/mol. The maximum Gasteiger partial charge on any atom is 0.128 e. The first-order valence-electron chi connectivity index (χ1n) is 5.47. The van der Waals surface area contributed by atoms with E-state index in [2.05, 4.69) is 15.5 Å². The van der Waals surface area contributed by atoms with Crippen LogP contribution >= 0.6 is 0 Å². The molecule has 0 bridgehead atoms. The summed E-state index contributed by atoms with van der Waals surface area (Å²) in [6.07, 6.45) is 1.75. The first-order chi connectivity index (χ1) is 8.36. The predicted molar refractivity (Wildman–Crippen MR) is 68.1 cm³/mol. The van der Waals surface area contributed by atoms with Crippen LogP contribution in [0.3, 0.4) is 0 Å². The minimum absolute atomic E-state index is 0.580. The Morgan fingerprint density at radius 2 is 2.24 bits per heavy atom. The van der Waals surface area contributed by atoms with Gasteiger partial charge in [0, 0.05) is 18.7 Å². The zero-order valence-electron chi connectivity index (χ0n) is 9.73. The summed E-state index contributed by atoms with van der Waals surface area (Å²) in [6.45, 7) is 1.29. The molecule has 0 aliphatic heterocycles. The van der Waals surface area contributed by atoms with Gasteiger partial charge in [-0.2, -0.15) is 5.10 Å². The maximum absolute atomic E-state index is 5.47. The number of benzene rings is 1. The van der Waals surface area contributed by atoms with Gasteiger partial charge in [0.25, 0.3) is 0 Å². The minimum atomic E-state index is 0.580. The molecular weight excluding hydrogens is 216 g/mol. The number of para-hydroxylation sites is 1. The van der Waals surface area contributed by atoms with Crippen molar-refractivity contribution < 1.29 is 4.74 Å². The maximum atomic E-state index is 5.47. The van der Waals surface area contributed by atoms with Crippen LogP contribution in [-0.4, -0.2) is 30.4 Å². The van der Waals surface area contributed by atoms with Crippen LogP contribution in [0.2, 0.25) is 0 Å². The van der Waals surface area contributed by atoms with E-state index in [1.165, 1.54) is 0 Å². The number of aromatic amines is 1. The number of nitrogens with two attached hydrogens (primary N) is 1. The largest absolute Gasteiger partial charge is 0.496 e. The van der Waals surface area contributed by atoms with E-state index < -0.39 is 0 Å². The first kappa shape index (κ1) is 11.5. The average Bonchev–Trinajstić information content (AvgIpc) is 2.84. The number of ether oxygens (including phenoxy) is 1. The Bertz CT molecular complexity index is 481. The number of anilines is 1. The Balaban J connectivity index is 2.35. The Hall–Kier alpha value is -2.01. The zero-order chi connectivity index (χ0) is 12.1. The van der Waals surface area contributed by atoms with E-state index >= 15 is 0 Å². The van der Waals surface area contributed by atoms with Gasteiger partial charge in [0.2, 0.25) is 0 Å². The van der Waals surface area contributed by atoms with Crippen LogP contribution in [0.5, 0.6) is 5.75 Å². The normalized spacial score (nSPS) is 10.2. The summed E-state index contributed by atoms with van der Waals surface area (Å²) in [7, 11) is 1.65. The lowest BCUT2D eigenvalue weighted by Gasteiger charge is -2.09. The first-order valence-corrected chi connectivity index (χ1v) is 5.47. The minimum Gasteiger partial charge on any atom is -0.496 e. The molecule has 0 spiro atoms. The number of hydrogen-bond acceptors (Lipinski definition) is 4. The lowest BCUT2D eigenvalue weighted by Crippen LogP contribution is -2.13. The molecule has 1 aromatic heterocycles. The molecule has 4 N–H and O–H groups in total. The van der Waals surface area contributed by atoms with Crippen molar-refractivity contribution in [2.45, 2.75) is 0 Å². The van der Waals surface area contributed by atoms with E-state index in [0.29, 0.717) is 13.1 Å². The molecule has 0 atom stereocenters. The third-order valence-electron chi connectivity index (χ3n) is 2.48. The van der Waals surface area contributed by atoms with Crippen molar-refractivity contribution >= 4 is 5.69 Å². The topological polar surface area (TPSA) is 76.0 Å². The van der Waals surface area contributed by atoms with Gasteiger partial charge < -0.3 is 15.8 Å². The molecule has 0 saturated carbocycles. The molecule has 0 radical (unpaired) electrons. The van der Waals surface area contributed by atoms with Gasteiger partial charge in [-0.05, 0) is 12.1 Å². The molecule has 2 rings (SSSR count). The highest BCUT2D eigenvalue weighted by atomic mass is 16.5. The second-order valence-electron chi connectivity index (χ2n) is 3.57. The quantitative estimate of drug-likeness (QED) is 0.729. The number of rotatable bonds is 5. The molecule has 0 aliphatic carbocycles. The summed E-state index contributed by atoms with van der Waals surface area (Å²) in [4.78, 5) is 0. The highest BCUT2D eigenvalue weighted by Gasteiger charge is 2.11. The van der Waals surface area contributed by atoms with E-state index in [9.17, 15) is 0 Å². The second-order valence-corrected chi connectivity index (χ2v) is 3.57. The van der Waals surface area contributed by atoms with Crippen LogP contribution in [0.1, 0.15) is 0 Å². The van der Waals surface area contributed by atoms with Crippen LogP contribution in [0.4, 0.5) is 5.69 Å². The molecule has 17 heavy (non-hydrogen) atoms. The zero-order valence-corrected chi connectivity index (χ0v) is 9.73. The summed E-state index contributed by atoms with van der Waals surface area (Å²) in [5, 5.41) is 10.2. The van der Waals surface area contributed by atoms with Gasteiger partial charge in [-0.25, -0.2) is 0 Å². The number of methoxy groups -OCH3 is 1. The molecular formula is C12H16N4O. The molecule has 1 aromatic carbocycles. The summed E-state index contributed by atoms with van der Waals surface area (Å²) >= 11 is 0. The van der Waals surface area contributed by atoms with Crippen LogP contribution in [0, 0.1) is 0 Å². The van der Waals surface area contributed by atoms with E-state index in [1.807, 2.05) is 24.3 Å². The molecule has 90 valence electrons. The number of H-pyrrole nitrogens is 1. The van der Waals surface area contributed by atoms with Crippen molar-refractivity contribution in [3.63, 3.8) is 0 Å². The van der Waals surface area contributed by atoms with Gasteiger partial charge >= 0.3 is 0 Å². The fourth-order valence-electron chi connectivity index (χ4n) is 1.68. The van der Waals surface area contributed by atoms with Gasteiger partial charge in [0.15, 0.2) is 0 Å². The van der Waals surface area contributed by atoms with Crippen LogP contribution in [-0.2, 0) is 0 Å². The molecule has 0 amide bonds. The van der Waals surface area contributed by atoms with E-state index in [1.54, 1.807) is 13.3 Å². The Morgan fingerprint density at radius 3 is 3.00 bits per heavy atom. The summed E-state index contributed by atoms with van der Waals surface area (Å²) in [5.74, 6) is 0.813. The number of nitrogens with one attached hydrogen (secondary N) is 2. The van der Waals surface area contributed by atoms with Crippen LogP contribution in [0.25, 0.3) is 11.3 Å². The fraction of sp³-hybridized carbons (Fsp3) is 0.250. The molecule has 1 heterocycles. The van der Waals surface area contributed by atoms with E-state index in [-0.39, 0.29) is 0 Å². The molecule has 5 heteroatoms. The van der Waals surface area contributed by atoms with Crippen molar-refractivity contribution in [1.29, 1.82) is 0 Å². The molecule has 5 nitrogen and oxygen atoms in total. The number of nitrogens with zero attached hydrogens (tertiary/aromatic N) is 1. The van der Waals surface area contributed by atoms with Crippen LogP contribution in [0.15, 0.2) is 30.5 Å². The second kappa shape index (κ2) is 5.36. The Kier molecular flexibility index (Phi) is 3.62. The van der Waals surface area contributed by atoms with E-state index in [0.717, 1.165) is 22.7 Å². The van der Waals surface area contributed by atoms with Gasteiger partial charge in [0.1, 0.15) is 5.75 Å². The van der Waals surface area contributed by atoms with Crippen molar-refractivity contribution in [3.8, 4) is 17.0 Å². The van der Waals surface area contributed by atoms with E-state index in [4.69, 9.17) is 10.5 Å². The van der Waals surface area contributed by atoms with Gasteiger partial charge in [-0.15, -0.1) is 0 Å². The van der Waals surface area contributed by atoms with Crippen LogP contribution < -0.4 is 15.8 Å². The smallest absolute Gasteiger partial charge is 0.128 e. The number of hydrogen-bond donors (Lipinski definition) is 3. The van der Waals surface area contributed by atoms with Crippen molar-refractivity contribution in [2.24, 2.45) is 5.73 Å². The van der Waals surface area contributed by atoms with Gasteiger partial charge in [-0.3, -0.25) is 5.10 Å². The number of aromatic nitrogens is 2. The third kappa shape index (κ3) is 2.39. The Labute approximate surface area is 100.0 Å². The van der Waals surface area contributed by atoms with Gasteiger partial charge in [0.05, 0.1) is 24.7 Å². The van der Waals surface area contributed by atoms with Crippen molar-refractivity contribution in [1.82, 2.24) is 10.2 Å². The lowest BCUT2D eigenvalue weighted by molar-refractivity contribution is 0.416. The average molecular weight is 232 g/mol. The third-order valence-corrected chi connectivity index (χ3v) is 2.48. The molecule has 0 saturated heterocycles. The standard InChI is InChI=1S/C12H16N4O/c1-17-11-5-3-2-4-9(11)12-10(8-15-16-12)14-7-6-13/h2-5,8,14H,6-7,13H2,1H3,(H,15,16). The SMILES string of the molecule is COc1ccccc1-c1[nH]ncc1NCCN. The summed E-state index contributed by atoms with van der Waals surface area (Å²) < 4.78 is 5.33. The van der Waals surface area contributed by atoms with Crippen molar-refractivity contribution in [3.05, 3.63) is 30.5 Å². The highest BCUT2D eigenvalue weighted by Crippen LogP contribution is 2.32. The molecule has 0 fully saturated rings. The highest BCUT2D eigenvalue weighted by molar-refractivity contribution is 5.78. The summed E-state index contributed by atoms with van der Waals surface area (Å²) in [5.41, 5.74) is 8.29. The molecule has 0 aliphatic rings. The molecule has 0 unspecified atom stereocenters. The Morgan fingerprint density at radius 1 is 1.41 bits per heavy atom. The van der Waals surface area contributed by atoms with Crippen molar-refractivity contribution in [2.75, 3.05) is 25.5 Å². The summed E-state index contributed by atoms with van der Waals surface area (Å²) in [6, 6.07) is 7.81. The molecule has 2 aromatic rings. The predicted octanol–water partition coefficient (Wildman–Crippen LogP) is 1.46.